The summed E-state index contributed by atoms with van der Waals surface area (Å²) in [5.74, 6) is -0.473. The Hall–Kier alpha value is -1.10. The molecule has 0 aromatic rings. The van der Waals surface area contributed by atoms with E-state index in [1.165, 1.54) is 0 Å². The standard InChI is InChI=1S/C13H24N2O3/c1-4-13(3,14)12(17)15-8-6-7-10(9-15)11(16)18-5-2/h10H,4-9,14H2,1-3H3. The molecule has 0 saturated carbocycles. The highest BCUT2D eigenvalue weighted by atomic mass is 16.5. The number of amides is 1. The lowest BCUT2D eigenvalue weighted by Gasteiger charge is -2.36. The minimum Gasteiger partial charge on any atom is -0.466 e. The van der Waals surface area contributed by atoms with Crippen LogP contribution < -0.4 is 5.73 Å². The van der Waals surface area contributed by atoms with Gasteiger partial charge in [0.2, 0.25) is 5.91 Å². The fourth-order valence-electron chi connectivity index (χ4n) is 2.13. The Morgan fingerprint density at radius 3 is 2.67 bits per heavy atom. The van der Waals surface area contributed by atoms with Gasteiger partial charge in [0.15, 0.2) is 0 Å². The molecule has 2 atom stereocenters. The first-order chi connectivity index (χ1) is 8.42. The summed E-state index contributed by atoms with van der Waals surface area (Å²) >= 11 is 0. The highest BCUT2D eigenvalue weighted by Gasteiger charge is 2.35. The molecule has 0 radical (unpaired) electrons. The van der Waals surface area contributed by atoms with Gasteiger partial charge in [0.25, 0.3) is 0 Å². The number of hydrogen-bond donors (Lipinski definition) is 1. The van der Waals surface area contributed by atoms with Crippen molar-refractivity contribution >= 4 is 11.9 Å². The number of hydrogen-bond acceptors (Lipinski definition) is 4. The number of piperidine rings is 1. The third-order valence-corrected chi connectivity index (χ3v) is 3.55. The van der Waals surface area contributed by atoms with Crippen LogP contribution in [0.4, 0.5) is 0 Å². The molecule has 2 unspecified atom stereocenters. The van der Waals surface area contributed by atoms with Crippen LogP contribution in [0.2, 0.25) is 0 Å². The van der Waals surface area contributed by atoms with E-state index in [4.69, 9.17) is 10.5 Å². The average Bonchev–Trinajstić information content (AvgIpc) is 2.38. The van der Waals surface area contributed by atoms with Gasteiger partial charge >= 0.3 is 5.97 Å². The Morgan fingerprint density at radius 1 is 1.44 bits per heavy atom. The first-order valence-corrected chi connectivity index (χ1v) is 6.67. The Labute approximate surface area is 109 Å². The lowest BCUT2D eigenvalue weighted by molar-refractivity contribution is -0.152. The molecule has 0 aromatic heterocycles. The molecule has 0 bridgehead atoms. The smallest absolute Gasteiger partial charge is 0.310 e. The van der Waals surface area contributed by atoms with Crippen LogP contribution in [-0.4, -0.2) is 42.0 Å². The minimum atomic E-state index is -0.837. The molecule has 0 aliphatic carbocycles. The van der Waals surface area contributed by atoms with Gasteiger partial charge in [-0.15, -0.1) is 0 Å². The van der Waals surface area contributed by atoms with Gasteiger partial charge < -0.3 is 15.4 Å². The third-order valence-electron chi connectivity index (χ3n) is 3.55. The number of rotatable bonds is 4. The maximum absolute atomic E-state index is 12.2. The minimum absolute atomic E-state index is 0.0704. The van der Waals surface area contributed by atoms with Gasteiger partial charge in [-0.2, -0.15) is 0 Å². The van der Waals surface area contributed by atoms with E-state index in [9.17, 15) is 9.59 Å². The summed E-state index contributed by atoms with van der Waals surface area (Å²) in [5.41, 5.74) is 5.13. The number of carbonyl (C=O) groups is 2. The normalized spacial score (nSPS) is 23.3. The van der Waals surface area contributed by atoms with Crippen LogP contribution in [0.25, 0.3) is 0 Å². The largest absolute Gasteiger partial charge is 0.466 e. The predicted molar refractivity (Wildman–Crippen MR) is 68.8 cm³/mol. The Morgan fingerprint density at radius 2 is 2.11 bits per heavy atom. The highest BCUT2D eigenvalue weighted by molar-refractivity contribution is 5.86. The second kappa shape index (κ2) is 6.18. The topological polar surface area (TPSA) is 72.6 Å². The van der Waals surface area contributed by atoms with Gasteiger partial charge in [-0.3, -0.25) is 9.59 Å². The van der Waals surface area contributed by atoms with E-state index in [-0.39, 0.29) is 17.8 Å². The molecule has 1 rings (SSSR count). The van der Waals surface area contributed by atoms with Crippen LogP contribution >= 0.6 is 0 Å². The molecular formula is C13H24N2O3. The molecule has 1 heterocycles. The van der Waals surface area contributed by atoms with Gasteiger partial charge in [0.05, 0.1) is 18.1 Å². The number of likely N-dealkylation sites (tertiary alicyclic amines) is 1. The molecule has 2 N–H and O–H groups in total. The van der Waals surface area contributed by atoms with Crippen molar-refractivity contribution in [2.75, 3.05) is 19.7 Å². The quantitative estimate of drug-likeness (QED) is 0.759. The molecule has 5 nitrogen and oxygen atoms in total. The number of carbonyl (C=O) groups excluding carboxylic acids is 2. The van der Waals surface area contributed by atoms with Gasteiger partial charge in [-0.25, -0.2) is 0 Å². The van der Waals surface area contributed by atoms with Crippen LogP contribution in [0.5, 0.6) is 0 Å². The van der Waals surface area contributed by atoms with Crippen LogP contribution in [-0.2, 0) is 14.3 Å². The van der Waals surface area contributed by atoms with Gasteiger partial charge in [-0.05, 0) is 33.1 Å². The summed E-state index contributed by atoms with van der Waals surface area (Å²) in [7, 11) is 0. The number of esters is 1. The lowest BCUT2D eigenvalue weighted by atomic mass is 9.93. The molecule has 1 aliphatic heterocycles. The van der Waals surface area contributed by atoms with Gasteiger partial charge in [-0.1, -0.05) is 6.92 Å². The second-order valence-electron chi connectivity index (χ2n) is 5.11. The average molecular weight is 256 g/mol. The van der Waals surface area contributed by atoms with Crippen LogP contribution in [0.1, 0.15) is 40.0 Å². The molecule has 1 aliphatic rings. The van der Waals surface area contributed by atoms with Crippen molar-refractivity contribution < 1.29 is 14.3 Å². The molecule has 1 saturated heterocycles. The zero-order chi connectivity index (χ0) is 13.8. The summed E-state index contributed by atoms with van der Waals surface area (Å²) in [4.78, 5) is 25.6. The van der Waals surface area contributed by atoms with Gasteiger partial charge in [0, 0.05) is 13.1 Å². The van der Waals surface area contributed by atoms with Crippen LogP contribution in [0, 0.1) is 5.92 Å². The molecular weight excluding hydrogens is 232 g/mol. The predicted octanol–water partition coefficient (Wildman–Crippen LogP) is 0.915. The molecule has 0 aromatic carbocycles. The number of nitrogens with two attached hydrogens (primary N) is 1. The van der Waals surface area contributed by atoms with Crippen LogP contribution in [0.15, 0.2) is 0 Å². The zero-order valence-electron chi connectivity index (χ0n) is 11.6. The van der Waals surface area contributed by atoms with E-state index < -0.39 is 5.54 Å². The summed E-state index contributed by atoms with van der Waals surface area (Å²) < 4.78 is 5.01. The summed E-state index contributed by atoms with van der Waals surface area (Å²) in [6.45, 7) is 6.92. The van der Waals surface area contributed by atoms with Crippen molar-refractivity contribution in [3.63, 3.8) is 0 Å². The van der Waals surface area contributed by atoms with Crippen LogP contribution in [0.3, 0.4) is 0 Å². The Kier molecular flexibility index (Phi) is 5.14. The van der Waals surface area contributed by atoms with Crippen molar-refractivity contribution in [2.45, 2.75) is 45.6 Å². The summed E-state index contributed by atoms with van der Waals surface area (Å²) in [6, 6.07) is 0. The van der Waals surface area contributed by atoms with E-state index in [0.29, 0.717) is 26.1 Å². The first kappa shape index (κ1) is 15.0. The SMILES string of the molecule is CCOC(=O)C1CCCN(C(=O)C(C)(N)CC)C1. The molecule has 0 spiro atoms. The van der Waals surface area contributed by atoms with Crippen molar-refractivity contribution in [3.05, 3.63) is 0 Å². The molecule has 18 heavy (non-hydrogen) atoms. The highest BCUT2D eigenvalue weighted by Crippen LogP contribution is 2.21. The molecule has 1 fully saturated rings. The molecule has 5 heteroatoms. The monoisotopic (exact) mass is 256 g/mol. The number of nitrogens with zero attached hydrogens (tertiary/aromatic N) is 1. The Balaban J connectivity index is 2.64. The zero-order valence-corrected chi connectivity index (χ0v) is 11.6. The maximum atomic E-state index is 12.2. The van der Waals surface area contributed by atoms with Crippen molar-refractivity contribution in [3.8, 4) is 0 Å². The van der Waals surface area contributed by atoms with E-state index in [1.807, 2.05) is 6.92 Å². The van der Waals surface area contributed by atoms with Gasteiger partial charge in [0.1, 0.15) is 0 Å². The number of ether oxygens (including phenoxy) is 1. The fourth-order valence-corrected chi connectivity index (χ4v) is 2.13. The Bertz CT molecular complexity index is 315. The summed E-state index contributed by atoms with van der Waals surface area (Å²) in [6.07, 6.45) is 2.21. The van der Waals surface area contributed by atoms with E-state index >= 15 is 0 Å². The van der Waals surface area contributed by atoms with Crippen molar-refractivity contribution in [1.29, 1.82) is 0 Å². The van der Waals surface area contributed by atoms with Crippen molar-refractivity contribution in [1.82, 2.24) is 4.90 Å². The van der Waals surface area contributed by atoms with E-state index in [0.717, 1.165) is 12.8 Å². The molecule has 1 amide bonds. The molecule has 104 valence electrons. The second-order valence-corrected chi connectivity index (χ2v) is 5.11. The lowest BCUT2D eigenvalue weighted by Crippen LogP contribution is -2.55. The van der Waals surface area contributed by atoms with E-state index in [2.05, 4.69) is 0 Å². The first-order valence-electron chi connectivity index (χ1n) is 6.67. The fraction of sp³-hybridized carbons (Fsp3) is 0.846. The van der Waals surface area contributed by atoms with Crippen molar-refractivity contribution in [2.24, 2.45) is 11.7 Å². The third kappa shape index (κ3) is 3.45. The van der Waals surface area contributed by atoms with E-state index in [1.54, 1.807) is 18.7 Å². The maximum Gasteiger partial charge on any atom is 0.310 e. The summed E-state index contributed by atoms with van der Waals surface area (Å²) in [5, 5.41) is 0.